The van der Waals surface area contributed by atoms with Crippen molar-refractivity contribution in [1.82, 2.24) is 15.3 Å². The minimum absolute atomic E-state index is 0.0108. The van der Waals surface area contributed by atoms with E-state index in [1.54, 1.807) is 6.20 Å². The van der Waals surface area contributed by atoms with E-state index in [1.807, 2.05) is 24.3 Å². The van der Waals surface area contributed by atoms with Gasteiger partial charge in [0.2, 0.25) is 11.8 Å². The number of para-hydroxylation sites is 2. The molecule has 0 aliphatic heterocycles. The van der Waals surface area contributed by atoms with E-state index in [0.717, 1.165) is 36.7 Å². The van der Waals surface area contributed by atoms with Crippen LogP contribution in [0.5, 0.6) is 0 Å². The van der Waals surface area contributed by atoms with Crippen LogP contribution in [0.1, 0.15) is 37.8 Å². The highest BCUT2D eigenvalue weighted by molar-refractivity contribution is 5.87. The highest BCUT2D eigenvalue weighted by atomic mass is 16.2. The fourth-order valence-corrected chi connectivity index (χ4v) is 3.18. The Hall–Kier alpha value is -2.50. The van der Waals surface area contributed by atoms with Crippen LogP contribution in [0.4, 0.5) is 0 Å². The molecule has 2 amide bonds. The second kappa shape index (κ2) is 7.38. The number of aromatic nitrogens is 2. The first kappa shape index (κ1) is 16.4. The van der Waals surface area contributed by atoms with Crippen LogP contribution in [0.15, 0.2) is 30.5 Å². The van der Waals surface area contributed by atoms with Gasteiger partial charge in [-0.15, -0.1) is 0 Å². The molecule has 1 aromatic carbocycles. The van der Waals surface area contributed by atoms with Gasteiger partial charge in [-0.25, -0.2) is 4.98 Å². The molecule has 1 heterocycles. The van der Waals surface area contributed by atoms with Gasteiger partial charge < -0.3 is 11.1 Å². The summed E-state index contributed by atoms with van der Waals surface area (Å²) in [6.07, 6.45) is 6.96. The first-order chi connectivity index (χ1) is 11.6. The van der Waals surface area contributed by atoms with Crippen molar-refractivity contribution in [2.45, 2.75) is 44.6 Å². The Balaban J connectivity index is 1.70. The molecule has 0 saturated heterocycles. The predicted octanol–water partition coefficient (Wildman–Crippen LogP) is 1.72. The SMILES string of the molecule is NC(=O)[C@@H](Cc1cnc2ccccc2n1)NC(=O)C1CCCCC1. The summed E-state index contributed by atoms with van der Waals surface area (Å²) < 4.78 is 0. The second-order valence-corrected chi connectivity index (χ2v) is 6.35. The summed E-state index contributed by atoms with van der Waals surface area (Å²) >= 11 is 0. The lowest BCUT2D eigenvalue weighted by molar-refractivity contribution is -0.130. The van der Waals surface area contributed by atoms with E-state index in [4.69, 9.17) is 5.73 Å². The molecule has 6 nitrogen and oxygen atoms in total. The average Bonchev–Trinajstić information content (AvgIpc) is 2.61. The van der Waals surface area contributed by atoms with Crippen LogP contribution in [0.25, 0.3) is 11.0 Å². The van der Waals surface area contributed by atoms with Crippen molar-refractivity contribution in [3.8, 4) is 0 Å². The van der Waals surface area contributed by atoms with Gasteiger partial charge in [0.25, 0.3) is 0 Å². The molecule has 1 aliphatic rings. The summed E-state index contributed by atoms with van der Waals surface area (Å²) in [7, 11) is 0. The lowest BCUT2D eigenvalue weighted by Gasteiger charge is -2.23. The number of fused-ring (bicyclic) bond motifs is 1. The van der Waals surface area contributed by atoms with Gasteiger partial charge >= 0.3 is 0 Å². The zero-order valence-electron chi connectivity index (χ0n) is 13.6. The molecule has 0 bridgehead atoms. The van der Waals surface area contributed by atoms with Gasteiger partial charge in [-0.05, 0) is 25.0 Å². The monoisotopic (exact) mass is 326 g/mol. The third-order valence-corrected chi connectivity index (χ3v) is 4.55. The summed E-state index contributed by atoms with van der Waals surface area (Å²) in [6, 6.07) is 6.77. The third-order valence-electron chi connectivity index (χ3n) is 4.55. The number of hydrogen-bond donors (Lipinski definition) is 2. The van der Waals surface area contributed by atoms with E-state index < -0.39 is 11.9 Å². The lowest BCUT2D eigenvalue weighted by atomic mass is 9.88. The van der Waals surface area contributed by atoms with Gasteiger partial charge in [0, 0.05) is 18.5 Å². The van der Waals surface area contributed by atoms with Crippen molar-refractivity contribution in [1.29, 1.82) is 0 Å². The van der Waals surface area contributed by atoms with Gasteiger partial charge in [0.1, 0.15) is 6.04 Å². The Bertz CT molecular complexity index is 741. The molecule has 126 valence electrons. The van der Waals surface area contributed by atoms with Crippen molar-refractivity contribution in [2.24, 2.45) is 11.7 Å². The van der Waals surface area contributed by atoms with Crippen LogP contribution in [-0.2, 0) is 16.0 Å². The minimum Gasteiger partial charge on any atom is -0.368 e. The predicted molar refractivity (Wildman–Crippen MR) is 90.9 cm³/mol. The van der Waals surface area contributed by atoms with E-state index in [9.17, 15) is 9.59 Å². The molecule has 2 aromatic rings. The molecule has 0 spiro atoms. The number of nitrogens with two attached hydrogens (primary N) is 1. The Labute approximate surface area is 140 Å². The zero-order chi connectivity index (χ0) is 16.9. The van der Waals surface area contributed by atoms with Gasteiger partial charge in [-0.2, -0.15) is 0 Å². The lowest BCUT2D eigenvalue weighted by Crippen LogP contribution is -2.48. The van der Waals surface area contributed by atoms with Crippen LogP contribution < -0.4 is 11.1 Å². The number of carbonyl (C=O) groups is 2. The van der Waals surface area contributed by atoms with Gasteiger partial charge in [0.05, 0.1) is 16.7 Å². The van der Waals surface area contributed by atoms with Crippen molar-refractivity contribution < 1.29 is 9.59 Å². The number of rotatable bonds is 5. The molecular weight excluding hydrogens is 304 g/mol. The van der Waals surface area contributed by atoms with Crippen molar-refractivity contribution in [2.75, 3.05) is 0 Å². The molecule has 0 unspecified atom stereocenters. The minimum atomic E-state index is -0.755. The van der Waals surface area contributed by atoms with Crippen molar-refractivity contribution >= 4 is 22.8 Å². The van der Waals surface area contributed by atoms with Gasteiger partial charge in [-0.1, -0.05) is 31.4 Å². The summed E-state index contributed by atoms with van der Waals surface area (Å²) in [5.74, 6) is -0.635. The van der Waals surface area contributed by atoms with Gasteiger partial charge in [0.15, 0.2) is 0 Å². The molecule has 6 heteroatoms. The smallest absolute Gasteiger partial charge is 0.240 e. The van der Waals surface area contributed by atoms with Crippen LogP contribution in [0.2, 0.25) is 0 Å². The van der Waals surface area contributed by atoms with E-state index >= 15 is 0 Å². The maximum Gasteiger partial charge on any atom is 0.240 e. The molecule has 1 aliphatic carbocycles. The fraction of sp³-hybridized carbons (Fsp3) is 0.444. The Morgan fingerprint density at radius 2 is 1.88 bits per heavy atom. The highest BCUT2D eigenvalue weighted by Crippen LogP contribution is 2.23. The molecule has 24 heavy (non-hydrogen) atoms. The fourth-order valence-electron chi connectivity index (χ4n) is 3.18. The number of primary amides is 1. The maximum absolute atomic E-state index is 12.4. The molecule has 3 rings (SSSR count). The molecular formula is C18H22N4O2. The molecule has 1 atom stereocenters. The number of nitrogens with zero attached hydrogens (tertiary/aromatic N) is 2. The van der Waals surface area contributed by atoms with Crippen molar-refractivity contribution in [3.05, 3.63) is 36.2 Å². The molecule has 0 radical (unpaired) electrons. The Morgan fingerprint density at radius 1 is 1.17 bits per heavy atom. The first-order valence-corrected chi connectivity index (χ1v) is 8.44. The number of nitrogens with one attached hydrogen (secondary N) is 1. The molecule has 1 saturated carbocycles. The first-order valence-electron chi connectivity index (χ1n) is 8.44. The van der Waals surface area contributed by atoms with Gasteiger partial charge in [-0.3, -0.25) is 14.6 Å². The summed E-state index contributed by atoms with van der Waals surface area (Å²) in [6.45, 7) is 0. The largest absolute Gasteiger partial charge is 0.368 e. The number of hydrogen-bond acceptors (Lipinski definition) is 4. The maximum atomic E-state index is 12.4. The summed E-state index contributed by atoms with van der Waals surface area (Å²) in [4.78, 5) is 32.9. The molecule has 1 aromatic heterocycles. The standard InChI is InChI=1S/C18H22N4O2/c19-17(23)16(22-18(24)12-6-2-1-3-7-12)10-13-11-20-14-8-4-5-9-15(14)21-13/h4-5,8-9,11-12,16H,1-3,6-7,10H2,(H2,19,23)(H,22,24)/t16-/m1/s1. The zero-order valence-corrected chi connectivity index (χ0v) is 13.6. The topological polar surface area (TPSA) is 98.0 Å². The van der Waals surface area contributed by atoms with Crippen molar-refractivity contribution in [3.63, 3.8) is 0 Å². The van der Waals surface area contributed by atoms with E-state index in [0.29, 0.717) is 5.69 Å². The number of amides is 2. The van der Waals surface area contributed by atoms with E-state index in [1.165, 1.54) is 6.42 Å². The average molecular weight is 326 g/mol. The van der Waals surface area contributed by atoms with Crippen LogP contribution in [0.3, 0.4) is 0 Å². The Kier molecular flexibility index (Phi) is 5.03. The number of carbonyl (C=O) groups excluding carboxylic acids is 2. The number of benzene rings is 1. The molecule has 3 N–H and O–H groups in total. The highest BCUT2D eigenvalue weighted by Gasteiger charge is 2.26. The summed E-state index contributed by atoms with van der Waals surface area (Å²) in [5, 5.41) is 2.80. The third kappa shape index (κ3) is 3.88. The summed E-state index contributed by atoms with van der Waals surface area (Å²) in [5.41, 5.74) is 7.67. The Morgan fingerprint density at radius 3 is 2.58 bits per heavy atom. The quantitative estimate of drug-likeness (QED) is 0.874. The van der Waals surface area contributed by atoms with Crippen LogP contribution >= 0.6 is 0 Å². The van der Waals surface area contributed by atoms with Crippen LogP contribution in [-0.4, -0.2) is 27.8 Å². The normalized spacial score (nSPS) is 16.7. The van der Waals surface area contributed by atoms with Crippen LogP contribution in [0, 0.1) is 5.92 Å². The van der Waals surface area contributed by atoms with E-state index in [2.05, 4.69) is 15.3 Å². The molecule has 1 fully saturated rings. The van der Waals surface area contributed by atoms with E-state index in [-0.39, 0.29) is 18.2 Å². The second-order valence-electron chi connectivity index (χ2n) is 6.35.